The van der Waals surface area contributed by atoms with E-state index in [2.05, 4.69) is 10.3 Å². The fourth-order valence-electron chi connectivity index (χ4n) is 3.18. The molecule has 0 spiro atoms. The van der Waals surface area contributed by atoms with Gasteiger partial charge in [0.2, 0.25) is 15.9 Å². The van der Waals surface area contributed by atoms with Crippen LogP contribution in [0.2, 0.25) is 0 Å². The quantitative estimate of drug-likeness (QED) is 0.391. The van der Waals surface area contributed by atoms with Crippen LogP contribution in [-0.2, 0) is 27.4 Å². The fraction of sp³-hybridized carbons (Fsp3) is 0.364. The maximum Gasteiger partial charge on any atom is 0.433 e. The number of carbonyl (C=O) groups is 1. The molecule has 2 aromatic rings. The number of rotatable bonds is 8. The molecule has 0 fully saturated rings. The van der Waals surface area contributed by atoms with E-state index in [-0.39, 0.29) is 17.7 Å². The zero-order valence-corrected chi connectivity index (χ0v) is 19.7. The average molecular weight is 506 g/mol. The fourth-order valence-corrected chi connectivity index (χ4v) is 3.75. The van der Waals surface area contributed by atoms with Crippen LogP contribution in [0.15, 0.2) is 30.3 Å². The molecule has 1 aromatic heterocycles. The van der Waals surface area contributed by atoms with Gasteiger partial charge in [-0.1, -0.05) is 19.4 Å². The Morgan fingerprint density at radius 1 is 1.18 bits per heavy atom. The third kappa shape index (κ3) is 7.24. The number of halogens is 5. The van der Waals surface area contributed by atoms with Gasteiger partial charge in [-0.05, 0) is 55.2 Å². The molecule has 1 aromatic carbocycles. The predicted octanol–water partition coefficient (Wildman–Crippen LogP) is 4.98. The van der Waals surface area contributed by atoms with E-state index in [1.165, 1.54) is 13.0 Å². The number of carbonyl (C=O) groups excluding carboxylic acids is 1. The Hall–Kier alpha value is -3.02. The third-order valence-electron chi connectivity index (χ3n) is 4.73. The highest BCUT2D eigenvalue weighted by molar-refractivity contribution is 7.92. The Labute approximate surface area is 194 Å². The van der Waals surface area contributed by atoms with Crippen LogP contribution in [0.5, 0.6) is 0 Å². The summed E-state index contributed by atoms with van der Waals surface area (Å²) in [6.07, 6.45) is -1.88. The number of nitrogens with one attached hydrogen (secondary N) is 2. The van der Waals surface area contributed by atoms with Crippen molar-refractivity contribution in [1.82, 2.24) is 10.3 Å². The van der Waals surface area contributed by atoms with Crippen molar-refractivity contribution in [1.29, 1.82) is 0 Å². The van der Waals surface area contributed by atoms with E-state index >= 15 is 0 Å². The lowest BCUT2D eigenvalue weighted by Gasteiger charge is -2.16. The van der Waals surface area contributed by atoms with Gasteiger partial charge in [0, 0.05) is 11.8 Å². The van der Waals surface area contributed by atoms with E-state index in [1.807, 2.05) is 0 Å². The summed E-state index contributed by atoms with van der Waals surface area (Å²) in [5.74, 6) is -2.96. The van der Waals surface area contributed by atoms with Crippen LogP contribution in [0.1, 0.15) is 55.7 Å². The minimum atomic E-state index is -4.59. The van der Waals surface area contributed by atoms with E-state index < -0.39 is 51.2 Å². The summed E-state index contributed by atoms with van der Waals surface area (Å²) < 4.78 is 91.7. The van der Waals surface area contributed by atoms with Crippen LogP contribution in [0.25, 0.3) is 5.57 Å². The van der Waals surface area contributed by atoms with Crippen LogP contribution in [0.3, 0.4) is 0 Å². The molecule has 6 nitrogen and oxygen atoms in total. The van der Waals surface area contributed by atoms with Gasteiger partial charge in [0.25, 0.3) is 0 Å². The number of hydrogen-bond donors (Lipinski definition) is 2. The molecule has 0 bridgehead atoms. The van der Waals surface area contributed by atoms with Crippen LogP contribution >= 0.6 is 0 Å². The summed E-state index contributed by atoms with van der Waals surface area (Å²) in [6.45, 7) is 4.79. The third-order valence-corrected chi connectivity index (χ3v) is 5.31. The zero-order chi connectivity index (χ0) is 25.8. The maximum atomic E-state index is 14.2. The second-order valence-electron chi connectivity index (χ2n) is 7.73. The SMILES string of the molecule is CCCc1nc(C(F)(F)F)ccc1C(C)=CC(=O)N[C@H](C)c1cc(F)c(NS(C)(=O)=O)c(F)c1. The molecule has 0 saturated carbocycles. The second-order valence-corrected chi connectivity index (χ2v) is 9.48. The average Bonchev–Trinajstić information content (AvgIpc) is 2.69. The smallest absolute Gasteiger partial charge is 0.346 e. The Morgan fingerprint density at radius 3 is 2.26 bits per heavy atom. The monoisotopic (exact) mass is 505 g/mol. The van der Waals surface area contributed by atoms with Crippen molar-refractivity contribution in [2.24, 2.45) is 0 Å². The first-order valence-electron chi connectivity index (χ1n) is 10.2. The number of alkyl halides is 3. The molecule has 0 aliphatic rings. The first-order valence-corrected chi connectivity index (χ1v) is 12.0. The summed E-state index contributed by atoms with van der Waals surface area (Å²) in [4.78, 5) is 16.2. The van der Waals surface area contributed by atoms with Crippen molar-refractivity contribution in [3.05, 3.63) is 64.5 Å². The normalized spacial score (nSPS) is 13.5. The highest BCUT2D eigenvalue weighted by Gasteiger charge is 2.33. The summed E-state index contributed by atoms with van der Waals surface area (Å²) in [7, 11) is -3.91. The van der Waals surface area contributed by atoms with Crippen LogP contribution in [0, 0.1) is 11.6 Å². The highest BCUT2D eigenvalue weighted by atomic mass is 32.2. The van der Waals surface area contributed by atoms with Crippen molar-refractivity contribution < 1.29 is 35.2 Å². The largest absolute Gasteiger partial charge is 0.433 e. The predicted molar refractivity (Wildman–Crippen MR) is 118 cm³/mol. The number of anilines is 1. The molecule has 0 radical (unpaired) electrons. The highest BCUT2D eigenvalue weighted by Crippen LogP contribution is 2.30. The molecule has 186 valence electrons. The summed E-state index contributed by atoms with van der Waals surface area (Å²) >= 11 is 0. The van der Waals surface area contributed by atoms with Gasteiger partial charge < -0.3 is 5.32 Å². The number of sulfonamides is 1. The molecule has 0 aliphatic carbocycles. The van der Waals surface area contributed by atoms with E-state index in [4.69, 9.17) is 0 Å². The Morgan fingerprint density at radius 2 is 1.76 bits per heavy atom. The van der Waals surface area contributed by atoms with Gasteiger partial charge >= 0.3 is 6.18 Å². The van der Waals surface area contributed by atoms with E-state index in [0.717, 1.165) is 30.5 Å². The van der Waals surface area contributed by atoms with Gasteiger partial charge in [-0.15, -0.1) is 0 Å². The molecule has 2 N–H and O–H groups in total. The lowest BCUT2D eigenvalue weighted by Crippen LogP contribution is -2.25. The van der Waals surface area contributed by atoms with E-state index in [9.17, 15) is 35.2 Å². The lowest BCUT2D eigenvalue weighted by molar-refractivity contribution is -0.141. The van der Waals surface area contributed by atoms with Crippen LogP contribution < -0.4 is 10.0 Å². The Kier molecular flexibility index (Phi) is 8.40. The topological polar surface area (TPSA) is 88.2 Å². The molecule has 1 heterocycles. The van der Waals surface area contributed by atoms with E-state index in [1.54, 1.807) is 18.6 Å². The van der Waals surface area contributed by atoms with Gasteiger partial charge in [-0.3, -0.25) is 9.52 Å². The molecular weight excluding hydrogens is 481 g/mol. The zero-order valence-electron chi connectivity index (χ0n) is 18.8. The molecule has 12 heteroatoms. The van der Waals surface area contributed by atoms with Gasteiger partial charge in [0.1, 0.15) is 11.4 Å². The standard InChI is InChI=1S/C22H24F5N3O3S/c1-5-6-18-15(7-8-19(29-18)22(25,26)27)12(2)9-20(31)28-13(3)14-10-16(23)21(17(24)11-14)30-34(4,32)33/h7-11,13,30H,5-6H2,1-4H3,(H,28,31)/t13-/m1/s1. The van der Waals surface area contributed by atoms with Crippen LogP contribution in [-0.4, -0.2) is 25.6 Å². The van der Waals surface area contributed by atoms with E-state index in [0.29, 0.717) is 17.6 Å². The van der Waals surface area contributed by atoms with Crippen molar-refractivity contribution in [2.45, 2.75) is 45.8 Å². The van der Waals surface area contributed by atoms with Crippen LogP contribution in [0.4, 0.5) is 27.6 Å². The molecule has 1 atom stereocenters. The van der Waals surface area contributed by atoms with Gasteiger partial charge in [0.05, 0.1) is 12.3 Å². The number of aryl methyl sites for hydroxylation is 1. The molecule has 2 rings (SSSR count). The molecule has 1 amide bonds. The minimum Gasteiger partial charge on any atom is -0.346 e. The van der Waals surface area contributed by atoms with Gasteiger partial charge in [-0.2, -0.15) is 13.2 Å². The van der Waals surface area contributed by atoms with Crippen molar-refractivity contribution in [2.75, 3.05) is 11.0 Å². The first kappa shape index (κ1) is 27.2. The minimum absolute atomic E-state index is 0.0383. The molecule has 34 heavy (non-hydrogen) atoms. The summed E-state index contributed by atoms with van der Waals surface area (Å²) in [6, 6.07) is 2.99. The Balaban J connectivity index is 2.25. The van der Waals surface area contributed by atoms with Gasteiger partial charge in [0.15, 0.2) is 11.6 Å². The molecule has 0 aliphatic heterocycles. The lowest BCUT2D eigenvalue weighted by atomic mass is 10.0. The number of pyridine rings is 1. The molecule has 0 saturated heterocycles. The summed E-state index contributed by atoms with van der Waals surface area (Å²) in [5, 5.41) is 2.52. The molecule has 0 unspecified atom stereocenters. The number of allylic oxidation sites excluding steroid dienone is 1. The van der Waals surface area contributed by atoms with Crippen molar-refractivity contribution in [3.63, 3.8) is 0 Å². The maximum absolute atomic E-state index is 14.2. The van der Waals surface area contributed by atoms with Gasteiger partial charge in [-0.25, -0.2) is 22.2 Å². The van der Waals surface area contributed by atoms with Crippen molar-refractivity contribution in [3.8, 4) is 0 Å². The molecular formula is C22H24F5N3O3S. The number of hydrogen-bond acceptors (Lipinski definition) is 4. The first-order chi connectivity index (χ1) is 15.6. The Bertz CT molecular complexity index is 1190. The number of nitrogens with zero attached hydrogens (tertiary/aromatic N) is 1. The number of benzene rings is 1. The number of amides is 1. The van der Waals surface area contributed by atoms with Crippen molar-refractivity contribution >= 4 is 27.2 Å². The second kappa shape index (κ2) is 10.5. The summed E-state index contributed by atoms with van der Waals surface area (Å²) in [5.41, 5.74) is -0.881. The number of aromatic nitrogens is 1.